The number of likely N-dealkylation sites (tertiary alicyclic amines) is 1. The third kappa shape index (κ3) is 6.80. The Kier molecular flexibility index (Phi) is 9.68. The molecule has 4 aromatic rings. The lowest BCUT2D eigenvalue weighted by Crippen LogP contribution is -2.57. The van der Waals surface area contributed by atoms with Crippen LogP contribution in [-0.4, -0.2) is 90.0 Å². The van der Waals surface area contributed by atoms with E-state index in [0.29, 0.717) is 32.2 Å². The van der Waals surface area contributed by atoms with Crippen molar-refractivity contribution >= 4 is 40.1 Å². The summed E-state index contributed by atoms with van der Waals surface area (Å²) in [4.78, 5) is 36.4. The summed E-state index contributed by atoms with van der Waals surface area (Å²) in [6.07, 6.45) is 2.90. The Morgan fingerprint density at radius 2 is 1.81 bits per heavy atom. The molecule has 0 unspecified atom stereocenters. The highest BCUT2D eigenvalue weighted by Crippen LogP contribution is 2.36. The first-order valence-electron chi connectivity index (χ1n) is 17.0. The van der Waals surface area contributed by atoms with Crippen LogP contribution in [0.4, 0.5) is 16.3 Å². The summed E-state index contributed by atoms with van der Waals surface area (Å²) < 4.78 is 5.70. The lowest BCUT2D eigenvalue weighted by atomic mass is 9.99. The van der Waals surface area contributed by atoms with Gasteiger partial charge in [-0.15, -0.1) is 0 Å². The number of rotatable bonds is 8. The van der Waals surface area contributed by atoms with Crippen LogP contribution in [-0.2, 0) is 24.3 Å². The molecule has 2 saturated heterocycles. The van der Waals surface area contributed by atoms with Gasteiger partial charge in [0.1, 0.15) is 18.5 Å². The predicted octanol–water partition coefficient (Wildman–Crippen LogP) is 6.43. The monoisotopic (exact) mass is 661 g/mol. The van der Waals surface area contributed by atoms with Crippen molar-refractivity contribution in [2.24, 2.45) is 0 Å². The number of nitrogens with zero attached hydrogens (tertiary/aromatic N) is 7. The molecule has 48 heavy (non-hydrogen) atoms. The Morgan fingerprint density at radius 1 is 0.979 bits per heavy atom. The smallest absolute Gasteiger partial charge is 0.410 e. The number of aryl methyl sites for hydroxylation is 1. The molecule has 10 heteroatoms. The second-order valence-electron chi connectivity index (χ2n) is 13.1. The maximum atomic E-state index is 13.3. The Morgan fingerprint density at radius 3 is 2.60 bits per heavy atom. The van der Waals surface area contributed by atoms with Gasteiger partial charge in [0, 0.05) is 54.6 Å². The largest absolute Gasteiger partial charge is 0.445 e. The first-order chi connectivity index (χ1) is 23.5. The van der Waals surface area contributed by atoms with Crippen LogP contribution in [0.5, 0.6) is 0 Å². The number of carbonyl (C=O) groups is 1. The molecule has 3 aromatic carbocycles. The molecule has 0 aliphatic carbocycles. The number of hydrogen-bond donors (Lipinski definition) is 0. The van der Waals surface area contributed by atoms with E-state index in [0.717, 1.165) is 47.5 Å². The van der Waals surface area contributed by atoms with E-state index in [4.69, 9.17) is 21.3 Å². The summed E-state index contributed by atoms with van der Waals surface area (Å²) >= 11 is 1.75. The van der Waals surface area contributed by atoms with E-state index in [1.54, 1.807) is 16.7 Å². The van der Waals surface area contributed by atoms with Gasteiger partial charge in [-0.05, 0) is 62.4 Å². The molecule has 0 bridgehead atoms. The van der Waals surface area contributed by atoms with Crippen molar-refractivity contribution < 1.29 is 9.53 Å². The average molecular weight is 662 g/mol. The van der Waals surface area contributed by atoms with Crippen molar-refractivity contribution in [3.05, 3.63) is 101 Å². The van der Waals surface area contributed by atoms with Crippen LogP contribution < -0.4 is 9.80 Å². The minimum Gasteiger partial charge on any atom is -0.445 e. The number of aromatic nitrogens is 2. The highest BCUT2D eigenvalue weighted by molar-refractivity contribution is 7.99. The molecule has 4 heterocycles. The van der Waals surface area contributed by atoms with Crippen LogP contribution in [0.15, 0.2) is 71.9 Å². The molecule has 248 valence electrons. The van der Waals surface area contributed by atoms with Gasteiger partial charge in [0.25, 0.3) is 0 Å². The van der Waals surface area contributed by atoms with Crippen molar-refractivity contribution in [2.75, 3.05) is 61.9 Å². The summed E-state index contributed by atoms with van der Waals surface area (Å²) in [5.41, 5.74) is 5.73. The van der Waals surface area contributed by atoms with E-state index in [1.165, 1.54) is 40.4 Å². The number of thioether (sulfide) groups is 1. The molecular weight excluding hydrogens is 619 g/mol. The van der Waals surface area contributed by atoms with E-state index < -0.39 is 0 Å². The fourth-order valence-corrected chi connectivity index (χ4v) is 8.49. The summed E-state index contributed by atoms with van der Waals surface area (Å²) in [7, 11) is 2.21. The normalized spacial score (nSPS) is 19.7. The van der Waals surface area contributed by atoms with Gasteiger partial charge in [0.05, 0.1) is 12.2 Å². The highest BCUT2D eigenvalue weighted by Gasteiger charge is 2.36. The second kappa shape index (κ2) is 14.4. The standard InChI is InChI=1S/C38H43N7O2S/c1-27-10-7-13-29-14-8-16-34(35(27)29)43-19-17-32-33(24-43)40-37(48-26-30-15-9-18-42(30)3)41-36(32)44-20-21-45(31(23-44)22-39-2)38(46)47-25-28-11-5-4-6-12-28/h4-8,10-14,16,30-31H,9,15,17-26H2,1,3H3/t30-,31-/m0/s1. The van der Waals surface area contributed by atoms with Crippen LogP contribution in [0.2, 0.25) is 0 Å². The number of anilines is 2. The number of hydrogen-bond acceptors (Lipinski definition) is 8. The number of piperazine rings is 1. The van der Waals surface area contributed by atoms with E-state index in [9.17, 15) is 4.79 Å². The van der Waals surface area contributed by atoms with Crippen molar-refractivity contribution in [1.82, 2.24) is 19.8 Å². The van der Waals surface area contributed by atoms with Gasteiger partial charge in [-0.3, -0.25) is 4.90 Å². The molecular formula is C38H43N7O2S. The number of fused-ring (bicyclic) bond motifs is 2. The predicted molar refractivity (Wildman–Crippen MR) is 193 cm³/mol. The zero-order chi connectivity index (χ0) is 33.0. The van der Waals surface area contributed by atoms with Gasteiger partial charge >= 0.3 is 6.09 Å². The van der Waals surface area contributed by atoms with Crippen LogP contribution in [0.3, 0.4) is 0 Å². The maximum absolute atomic E-state index is 13.3. The molecule has 0 spiro atoms. The average Bonchev–Trinajstić information content (AvgIpc) is 3.53. The molecule has 2 fully saturated rings. The van der Waals surface area contributed by atoms with Crippen LogP contribution in [0.1, 0.15) is 35.2 Å². The zero-order valence-electron chi connectivity index (χ0n) is 27.8. The van der Waals surface area contributed by atoms with Gasteiger partial charge in [0.2, 0.25) is 6.54 Å². The molecule has 9 nitrogen and oxygen atoms in total. The van der Waals surface area contributed by atoms with E-state index >= 15 is 0 Å². The van der Waals surface area contributed by atoms with E-state index in [1.807, 2.05) is 30.3 Å². The maximum Gasteiger partial charge on any atom is 0.410 e. The van der Waals surface area contributed by atoms with Crippen molar-refractivity contribution in [1.29, 1.82) is 0 Å². The lowest BCUT2D eigenvalue weighted by Gasteiger charge is -2.41. The Balaban J connectivity index is 1.16. The number of ether oxygens (including phenoxy) is 1. The van der Waals surface area contributed by atoms with Crippen LogP contribution >= 0.6 is 11.8 Å². The third-order valence-corrected chi connectivity index (χ3v) is 11.0. The molecule has 0 saturated carbocycles. The quantitative estimate of drug-likeness (QED) is 0.122. The first-order valence-corrected chi connectivity index (χ1v) is 18.0. The van der Waals surface area contributed by atoms with Gasteiger partial charge in [0.15, 0.2) is 5.16 Å². The van der Waals surface area contributed by atoms with E-state index in [2.05, 4.69) is 69.9 Å². The fraction of sp³-hybridized carbons (Fsp3) is 0.421. The van der Waals surface area contributed by atoms with Crippen molar-refractivity contribution in [2.45, 2.75) is 56.6 Å². The minimum absolute atomic E-state index is 0.216. The van der Waals surface area contributed by atoms with Gasteiger partial charge in [-0.2, -0.15) is 0 Å². The first kappa shape index (κ1) is 32.2. The van der Waals surface area contributed by atoms with Crippen molar-refractivity contribution in [3.63, 3.8) is 0 Å². The zero-order valence-corrected chi connectivity index (χ0v) is 28.7. The molecule has 0 radical (unpaired) electrons. The Labute approximate surface area is 287 Å². The van der Waals surface area contributed by atoms with Crippen LogP contribution in [0.25, 0.3) is 15.6 Å². The molecule has 2 atom stereocenters. The summed E-state index contributed by atoms with van der Waals surface area (Å²) in [6.45, 7) is 14.7. The van der Waals surface area contributed by atoms with Gasteiger partial charge in [-0.1, -0.05) is 72.4 Å². The van der Waals surface area contributed by atoms with Gasteiger partial charge < -0.3 is 24.3 Å². The fourth-order valence-electron chi connectivity index (χ4n) is 7.40. The highest BCUT2D eigenvalue weighted by atomic mass is 32.2. The van der Waals surface area contributed by atoms with E-state index in [-0.39, 0.29) is 25.3 Å². The Bertz CT molecular complexity index is 1810. The van der Waals surface area contributed by atoms with Gasteiger partial charge in [-0.25, -0.2) is 21.3 Å². The molecule has 1 amide bonds. The Hall–Kier alpha value is -4.33. The molecule has 7 rings (SSSR count). The van der Waals surface area contributed by atoms with Crippen molar-refractivity contribution in [3.8, 4) is 0 Å². The molecule has 3 aliphatic rings. The molecule has 0 N–H and O–H groups in total. The lowest BCUT2D eigenvalue weighted by molar-refractivity contribution is 0.0788. The third-order valence-electron chi connectivity index (χ3n) is 10.1. The minimum atomic E-state index is -0.366. The number of carbonyl (C=O) groups excluding carboxylic acids is 1. The SMILES string of the molecule is [C-]#[N+]C[C@H]1CN(c2nc(SC[C@@H]3CCCN3C)nc3c2CCN(c2cccc4cccc(C)c24)C3)CCN1C(=O)OCc1ccccc1. The molecule has 1 aromatic heterocycles. The molecule has 3 aliphatic heterocycles. The van der Waals surface area contributed by atoms with Crippen LogP contribution in [0, 0.1) is 13.5 Å². The second-order valence-corrected chi connectivity index (χ2v) is 14.1. The topological polar surface area (TPSA) is 69.4 Å². The summed E-state index contributed by atoms with van der Waals surface area (Å²) in [5, 5.41) is 3.37. The number of benzene rings is 3. The summed E-state index contributed by atoms with van der Waals surface area (Å²) in [5.74, 6) is 1.92. The number of amides is 1. The summed E-state index contributed by atoms with van der Waals surface area (Å²) in [6, 6.07) is 23.0.